The van der Waals surface area contributed by atoms with Gasteiger partial charge in [0.25, 0.3) is 0 Å². The largest absolute Gasteiger partial charge is 0.324 e. The first kappa shape index (κ1) is 11.0. The van der Waals surface area contributed by atoms with E-state index in [1.54, 1.807) is 0 Å². The fraction of sp³-hybridized carbons (Fsp3) is 0.647. The molecule has 0 aliphatic heterocycles. The topological polar surface area (TPSA) is 26.0 Å². The number of nitrogens with two attached hydrogens (primary N) is 1. The molecule has 3 atom stereocenters. The van der Waals surface area contributed by atoms with Crippen molar-refractivity contribution in [3.8, 4) is 0 Å². The molecule has 18 heavy (non-hydrogen) atoms. The molecule has 3 aliphatic rings. The normalized spacial score (nSPS) is 35.9. The Morgan fingerprint density at radius 1 is 1.06 bits per heavy atom. The number of fused-ring (bicyclic) bond motifs is 1. The van der Waals surface area contributed by atoms with Crippen LogP contribution in [-0.4, -0.2) is 0 Å². The molecule has 2 N–H and O–H groups in total. The van der Waals surface area contributed by atoms with Gasteiger partial charge in [-0.25, -0.2) is 0 Å². The third-order valence-corrected chi connectivity index (χ3v) is 5.66. The Morgan fingerprint density at radius 3 is 2.50 bits per heavy atom. The SMILES string of the molecule is NC(c1cccc(C2CCC2)c1)C1CC2CC2C1. The van der Waals surface area contributed by atoms with Gasteiger partial charge in [-0.05, 0) is 66.9 Å². The van der Waals surface area contributed by atoms with Gasteiger partial charge in [-0.3, -0.25) is 0 Å². The van der Waals surface area contributed by atoms with Crippen LogP contribution in [0.3, 0.4) is 0 Å². The summed E-state index contributed by atoms with van der Waals surface area (Å²) >= 11 is 0. The number of hydrogen-bond donors (Lipinski definition) is 1. The van der Waals surface area contributed by atoms with Gasteiger partial charge in [-0.15, -0.1) is 0 Å². The Bertz CT molecular complexity index is 439. The zero-order valence-electron chi connectivity index (χ0n) is 11.0. The van der Waals surface area contributed by atoms with Crippen LogP contribution in [0.4, 0.5) is 0 Å². The lowest BCUT2D eigenvalue weighted by atomic mass is 9.78. The van der Waals surface area contributed by atoms with Crippen molar-refractivity contribution in [3.05, 3.63) is 35.4 Å². The van der Waals surface area contributed by atoms with Crippen LogP contribution in [0.1, 0.15) is 61.6 Å². The summed E-state index contributed by atoms with van der Waals surface area (Å²) in [6.07, 6.45) is 8.44. The van der Waals surface area contributed by atoms with Gasteiger partial charge in [-0.2, -0.15) is 0 Å². The monoisotopic (exact) mass is 241 g/mol. The van der Waals surface area contributed by atoms with Gasteiger partial charge in [0.15, 0.2) is 0 Å². The molecule has 3 unspecified atom stereocenters. The molecule has 3 fully saturated rings. The predicted octanol–water partition coefficient (Wildman–Crippen LogP) is 4.00. The third-order valence-electron chi connectivity index (χ3n) is 5.66. The van der Waals surface area contributed by atoms with Crippen molar-refractivity contribution in [2.75, 3.05) is 0 Å². The van der Waals surface area contributed by atoms with Crippen LogP contribution in [0.15, 0.2) is 24.3 Å². The summed E-state index contributed by atoms with van der Waals surface area (Å²) in [6.45, 7) is 0. The van der Waals surface area contributed by atoms with E-state index in [2.05, 4.69) is 24.3 Å². The van der Waals surface area contributed by atoms with E-state index in [1.807, 2.05) is 0 Å². The van der Waals surface area contributed by atoms with E-state index in [0.717, 1.165) is 23.7 Å². The van der Waals surface area contributed by atoms with Gasteiger partial charge in [0.2, 0.25) is 0 Å². The van der Waals surface area contributed by atoms with Crippen molar-refractivity contribution < 1.29 is 0 Å². The van der Waals surface area contributed by atoms with Crippen LogP contribution in [-0.2, 0) is 0 Å². The summed E-state index contributed by atoms with van der Waals surface area (Å²) in [6, 6.07) is 9.46. The molecule has 0 radical (unpaired) electrons. The summed E-state index contributed by atoms with van der Waals surface area (Å²) in [5.74, 6) is 3.66. The molecule has 1 aromatic rings. The number of rotatable bonds is 3. The number of benzene rings is 1. The van der Waals surface area contributed by atoms with Crippen LogP contribution in [0.25, 0.3) is 0 Å². The Labute approximate surface area is 110 Å². The van der Waals surface area contributed by atoms with Crippen molar-refractivity contribution in [1.82, 2.24) is 0 Å². The summed E-state index contributed by atoms with van der Waals surface area (Å²) < 4.78 is 0. The minimum atomic E-state index is 0.290. The second-order valence-corrected chi connectivity index (χ2v) is 6.81. The summed E-state index contributed by atoms with van der Waals surface area (Å²) in [5.41, 5.74) is 9.44. The predicted molar refractivity (Wildman–Crippen MR) is 74.3 cm³/mol. The van der Waals surface area contributed by atoms with E-state index in [9.17, 15) is 0 Å². The molecule has 4 rings (SSSR count). The molecule has 0 saturated heterocycles. The highest BCUT2D eigenvalue weighted by Crippen LogP contribution is 2.56. The average Bonchev–Trinajstić information content (AvgIpc) is 2.94. The maximum absolute atomic E-state index is 6.51. The van der Waals surface area contributed by atoms with Crippen molar-refractivity contribution in [2.24, 2.45) is 23.5 Å². The first-order chi connectivity index (χ1) is 8.81. The fourth-order valence-electron chi connectivity index (χ4n) is 4.09. The zero-order chi connectivity index (χ0) is 12.1. The Kier molecular flexibility index (Phi) is 2.51. The van der Waals surface area contributed by atoms with Crippen LogP contribution in [0.5, 0.6) is 0 Å². The highest BCUT2D eigenvalue weighted by atomic mass is 14.7. The van der Waals surface area contributed by atoms with E-state index in [-0.39, 0.29) is 6.04 Å². The van der Waals surface area contributed by atoms with E-state index in [0.29, 0.717) is 0 Å². The van der Waals surface area contributed by atoms with E-state index in [1.165, 1.54) is 49.7 Å². The molecular formula is C17H23N. The van der Waals surface area contributed by atoms with Gasteiger partial charge in [0.1, 0.15) is 0 Å². The van der Waals surface area contributed by atoms with Crippen LogP contribution >= 0.6 is 0 Å². The smallest absolute Gasteiger partial charge is 0.0323 e. The lowest BCUT2D eigenvalue weighted by Gasteiger charge is -2.27. The molecular weight excluding hydrogens is 218 g/mol. The lowest BCUT2D eigenvalue weighted by Crippen LogP contribution is -2.21. The maximum Gasteiger partial charge on any atom is 0.0323 e. The Balaban J connectivity index is 1.52. The molecule has 0 spiro atoms. The van der Waals surface area contributed by atoms with Crippen LogP contribution in [0.2, 0.25) is 0 Å². The van der Waals surface area contributed by atoms with Gasteiger partial charge >= 0.3 is 0 Å². The molecule has 1 aromatic carbocycles. The van der Waals surface area contributed by atoms with E-state index < -0.39 is 0 Å². The highest BCUT2D eigenvalue weighted by molar-refractivity contribution is 5.30. The molecule has 3 saturated carbocycles. The highest BCUT2D eigenvalue weighted by Gasteiger charge is 2.47. The van der Waals surface area contributed by atoms with Crippen LogP contribution < -0.4 is 5.73 Å². The Morgan fingerprint density at radius 2 is 1.83 bits per heavy atom. The standard InChI is InChI=1S/C17H23N/c18-17(16-9-14-8-15(14)10-16)13-6-2-5-12(7-13)11-3-1-4-11/h2,5-7,11,14-17H,1,3-4,8-10,18H2. The average molecular weight is 241 g/mol. The van der Waals surface area contributed by atoms with E-state index in [4.69, 9.17) is 5.73 Å². The molecule has 0 amide bonds. The third kappa shape index (κ3) is 1.80. The first-order valence-corrected chi connectivity index (χ1v) is 7.66. The molecule has 1 heteroatoms. The fourth-order valence-corrected chi connectivity index (χ4v) is 4.09. The van der Waals surface area contributed by atoms with Crippen molar-refractivity contribution in [2.45, 2.75) is 50.5 Å². The first-order valence-electron chi connectivity index (χ1n) is 7.66. The molecule has 3 aliphatic carbocycles. The minimum Gasteiger partial charge on any atom is -0.324 e. The second-order valence-electron chi connectivity index (χ2n) is 6.81. The molecule has 0 bridgehead atoms. The van der Waals surface area contributed by atoms with Crippen molar-refractivity contribution >= 4 is 0 Å². The summed E-state index contributed by atoms with van der Waals surface area (Å²) in [4.78, 5) is 0. The van der Waals surface area contributed by atoms with Crippen molar-refractivity contribution in [3.63, 3.8) is 0 Å². The summed E-state index contributed by atoms with van der Waals surface area (Å²) in [7, 11) is 0. The molecule has 0 heterocycles. The number of hydrogen-bond acceptors (Lipinski definition) is 1. The van der Waals surface area contributed by atoms with E-state index >= 15 is 0 Å². The molecule has 96 valence electrons. The van der Waals surface area contributed by atoms with Gasteiger partial charge in [0.05, 0.1) is 0 Å². The Hall–Kier alpha value is -0.820. The van der Waals surface area contributed by atoms with Crippen LogP contribution in [0, 0.1) is 17.8 Å². The van der Waals surface area contributed by atoms with Gasteiger partial charge in [0, 0.05) is 6.04 Å². The second kappa shape index (κ2) is 4.09. The molecule has 1 nitrogen and oxygen atoms in total. The molecule has 0 aromatic heterocycles. The summed E-state index contributed by atoms with van der Waals surface area (Å²) in [5, 5.41) is 0. The zero-order valence-corrected chi connectivity index (χ0v) is 11.0. The van der Waals surface area contributed by atoms with Gasteiger partial charge < -0.3 is 5.73 Å². The van der Waals surface area contributed by atoms with Crippen molar-refractivity contribution in [1.29, 1.82) is 0 Å². The maximum atomic E-state index is 6.51. The quantitative estimate of drug-likeness (QED) is 0.850. The van der Waals surface area contributed by atoms with Gasteiger partial charge in [-0.1, -0.05) is 30.7 Å². The lowest BCUT2D eigenvalue weighted by molar-refractivity contribution is 0.400. The minimum absolute atomic E-state index is 0.290.